The third-order valence-electron chi connectivity index (χ3n) is 1.30. The van der Waals surface area contributed by atoms with Crippen LogP contribution in [0.4, 0.5) is 4.79 Å². The Morgan fingerprint density at radius 3 is 3.25 bits per heavy atom. The van der Waals surface area contributed by atoms with Crippen LogP contribution < -0.4 is 0 Å². The molecule has 0 radical (unpaired) electrons. The molecule has 0 fully saturated rings. The number of ether oxygens (including phenoxy) is 2. The molecule has 1 aliphatic heterocycles. The number of amides is 1. The zero-order chi connectivity index (χ0) is 8.81. The van der Waals surface area contributed by atoms with Gasteiger partial charge >= 0.3 is 6.09 Å². The molecule has 0 bridgehead atoms. The first-order valence-corrected chi connectivity index (χ1v) is 3.75. The molecule has 0 atom stereocenters. The second kappa shape index (κ2) is 4.43. The fourth-order valence-electron chi connectivity index (χ4n) is 0.769. The van der Waals surface area contributed by atoms with Crippen LogP contribution in [0.15, 0.2) is 24.8 Å². The molecule has 0 aromatic rings. The van der Waals surface area contributed by atoms with Crippen molar-refractivity contribution >= 4 is 6.09 Å². The highest BCUT2D eigenvalue weighted by Crippen LogP contribution is 2.00. The van der Waals surface area contributed by atoms with Crippen LogP contribution in [-0.2, 0) is 9.47 Å². The minimum absolute atomic E-state index is 0.357. The molecule has 1 amide bonds. The van der Waals surface area contributed by atoms with Gasteiger partial charge in [0.15, 0.2) is 0 Å². The van der Waals surface area contributed by atoms with Gasteiger partial charge in [-0.25, -0.2) is 4.79 Å². The van der Waals surface area contributed by atoms with Crippen molar-refractivity contribution in [3.63, 3.8) is 0 Å². The fourth-order valence-corrected chi connectivity index (χ4v) is 0.769. The van der Waals surface area contributed by atoms with Gasteiger partial charge in [0.2, 0.25) is 0 Å². The molecule has 1 rings (SSSR count). The summed E-state index contributed by atoms with van der Waals surface area (Å²) in [5.41, 5.74) is 0. The van der Waals surface area contributed by atoms with Crippen LogP contribution in [0.1, 0.15) is 6.92 Å². The predicted octanol–water partition coefficient (Wildman–Crippen LogP) is 1.46. The number of hydrogen-bond donors (Lipinski definition) is 0. The molecule has 0 aromatic heterocycles. The Hall–Kier alpha value is -1.45. The molecule has 12 heavy (non-hydrogen) atoms. The Kier molecular flexibility index (Phi) is 3.19. The van der Waals surface area contributed by atoms with E-state index < -0.39 is 0 Å². The van der Waals surface area contributed by atoms with E-state index >= 15 is 0 Å². The minimum Gasteiger partial charge on any atom is -0.471 e. The molecule has 1 aliphatic rings. The topological polar surface area (TPSA) is 38.8 Å². The van der Waals surface area contributed by atoms with Crippen molar-refractivity contribution in [1.29, 1.82) is 0 Å². The summed E-state index contributed by atoms with van der Waals surface area (Å²) in [5.74, 6) is 0. The van der Waals surface area contributed by atoms with Gasteiger partial charge in [-0.05, 0) is 13.0 Å². The summed E-state index contributed by atoms with van der Waals surface area (Å²) in [5, 5.41) is 0. The van der Waals surface area contributed by atoms with Crippen molar-refractivity contribution < 1.29 is 14.3 Å². The number of hydrogen-bond acceptors (Lipinski definition) is 3. The minimum atomic E-state index is -0.357. The highest BCUT2D eigenvalue weighted by atomic mass is 16.6. The van der Waals surface area contributed by atoms with Crippen molar-refractivity contribution in [3.8, 4) is 0 Å². The summed E-state index contributed by atoms with van der Waals surface area (Å²) in [4.78, 5) is 12.5. The zero-order valence-corrected chi connectivity index (χ0v) is 6.90. The molecule has 0 N–H and O–H groups in total. The third kappa shape index (κ3) is 2.30. The lowest BCUT2D eigenvalue weighted by Gasteiger charge is -2.13. The van der Waals surface area contributed by atoms with E-state index in [-0.39, 0.29) is 6.09 Å². The molecule has 0 unspecified atom stereocenters. The second-order valence-electron chi connectivity index (χ2n) is 2.14. The van der Waals surface area contributed by atoms with Crippen molar-refractivity contribution in [2.24, 2.45) is 0 Å². The van der Waals surface area contributed by atoms with Gasteiger partial charge < -0.3 is 9.47 Å². The SMILES string of the molecule is CCOC(=O)N1C=COC=CC1. The lowest BCUT2D eigenvalue weighted by molar-refractivity contribution is 0.125. The quantitative estimate of drug-likeness (QED) is 0.596. The van der Waals surface area contributed by atoms with E-state index in [0.717, 1.165) is 0 Å². The van der Waals surface area contributed by atoms with Crippen LogP contribution in [0.3, 0.4) is 0 Å². The summed E-state index contributed by atoms with van der Waals surface area (Å²) in [6.07, 6.45) is 5.87. The standard InChI is InChI=1S/C8H11NO3/c1-2-12-8(10)9-4-3-6-11-7-5-9/h3,5-7H,2,4H2,1H3. The lowest BCUT2D eigenvalue weighted by Crippen LogP contribution is -2.26. The van der Waals surface area contributed by atoms with Gasteiger partial charge in [0, 0.05) is 6.20 Å². The van der Waals surface area contributed by atoms with Gasteiger partial charge in [0.05, 0.1) is 19.4 Å². The van der Waals surface area contributed by atoms with Crippen LogP contribution >= 0.6 is 0 Å². The van der Waals surface area contributed by atoms with Gasteiger partial charge in [-0.1, -0.05) is 0 Å². The van der Waals surface area contributed by atoms with E-state index in [1.807, 2.05) is 0 Å². The Morgan fingerprint density at radius 1 is 1.67 bits per heavy atom. The van der Waals surface area contributed by atoms with E-state index in [1.165, 1.54) is 23.6 Å². The van der Waals surface area contributed by atoms with E-state index in [2.05, 4.69) is 0 Å². The summed E-state index contributed by atoms with van der Waals surface area (Å²) >= 11 is 0. The third-order valence-corrected chi connectivity index (χ3v) is 1.30. The summed E-state index contributed by atoms with van der Waals surface area (Å²) < 4.78 is 9.63. The smallest absolute Gasteiger partial charge is 0.414 e. The highest BCUT2D eigenvalue weighted by molar-refractivity contribution is 5.69. The van der Waals surface area contributed by atoms with Gasteiger partial charge in [-0.2, -0.15) is 0 Å². The molecule has 1 heterocycles. The monoisotopic (exact) mass is 169 g/mol. The maximum atomic E-state index is 11.1. The Bertz CT molecular complexity index is 210. The highest BCUT2D eigenvalue weighted by Gasteiger charge is 2.10. The predicted molar refractivity (Wildman–Crippen MR) is 43.1 cm³/mol. The molecule has 0 aliphatic carbocycles. The first kappa shape index (κ1) is 8.64. The number of carbonyl (C=O) groups excluding carboxylic acids is 1. The number of rotatable bonds is 1. The molecule has 0 aromatic carbocycles. The van der Waals surface area contributed by atoms with Gasteiger partial charge in [0.1, 0.15) is 6.26 Å². The molecule has 4 heteroatoms. The van der Waals surface area contributed by atoms with E-state index in [9.17, 15) is 4.79 Å². The average Bonchev–Trinajstić information content (AvgIpc) is 2.32. The van der Waals surface area contributed by atoms with Gasteiger partial charge in [-0.3, -0.25) is 4.90 Å². The summed E-state index contributed by atoms with van der Waals surface area (Å²) in [6.45, 7) is 2.63. The van der Waals surface area contributed by atoms with E-state index in [4.69, 9.17) is 9.47 Å². The van der Waals surface area contributed by atoms with Crippen molar-refractivity contribution in [2.75, 3.05) is 13.2 Å². The molecule has 0 spiro atoms. The Labute approximate surface area is 71.1 Å². The lowest BCUT2D eigenvalue weighted by atomic mass is 10.5. The average molecular weight is 169 g/mol. The second-order valence-corrected chi connectivity index (χ2v) is 2.14. The summed E-state index contributed by atoms with van der Waals surface area (Å²) in [7, 11) is 0. The molecule has 0 saturated heterocycles. The normalized spacial score (nSPS) is 15.2. The fraction of sp³-hybridized carbons (Fsp3) is 0.375. The number of carbonyl (C=O) groups is 1. The van der Waals surface area contributed by atoms with Crippen molar-refractivity contribution in [2.45, 2.75) is 6.92 Å². The first-order chi connectivity index (χ1) is 5.84. The largest absolute Gasteiger partial charge is 0.471 e. The maximum absolute atomic E-state index is 11.1. The van der Waals surface area contributed by atoms with Crippen LogP contribution in [0, 0.1) is 0 Å². The van der Waals surface area contributed by atoms with Crippen molar-refractivity contribution in [1.82, 2.24) is 4.90 Å². The zero-order valence-electron chi connectivity index (χ0n) is 6.90. The summed E-state index contributed by atoms with van der Waals surface area (Å²) in [6, 6.07) is 0. The van der Waals surface area contributed by atoms with E-state index in [0.29, 0.717) is 13.2 Å². The van der Waals surface area contributed by atoms with E-state index in [1.54, 1.807) is 13.0 Å². The van der Waals surface area contributed by atoms with Gasteiger partial charge in [0.25, 0.3) is 0 Å². The van der Waals surface area contributed by atoms with Crippen LogP contribution in [0.2, 0.25) is 0 Å². The molecule has 4 nitrogen and oxygen atoms in total. The first-order valence-electron chi connectivity index (χ1n) is 3.75. The molecular weight excluding hydrogens is 158 g/mol. The van der Waals surface area contributed by atoms with Crippen molar-refractivity contribution in [3.05, 3.63) is 24.8 Å². The molecule has 66 valence electrons. The Balaban J connectivity index is 2.49. The van der Waals surface area contributed by atoms with Crippen LogP contribution in [0.25, 0.3) is 0 Å². The molecular formula is C8H11NO3. The van der Waals surface area contributed by atoms with Gasteiger partial charge in [-0.15, -0.1) is 0 Å². The molecule has 0 saturated carbocycles. The Morgan fingerprint density at radius 2 is 2.50 bits per heavy atom. The number of nitrogens with zero attached hydrogens (tertiary/aromatic N) is 1. The van der Waals surface area contributed by atoms with Crippen LogP contribution in [0.5, 0.6) is 0 Å². The van der Waals surface area contributed by atoms with Crippen LogP contribution in [-0.4, -0.2) is 24.1 Å². The maximum Gasteiger partial charge on any atom is 0.414 e.